The SMILES string of the molecule is Cc1cc(N)cc(Oc2cc(Cl)cc(Cl)c2)c1. The number of anilines is 1. The molecule has 0 aliphatic rings. The van der Waals surface area contributed by atoms with Gasteiger partial charge in [0.2, 0.25) is 0 Å². The van der Waals surface area contributed by atoms with Gasteiger partial charge >= 0.3 is 0 Å². The van der Waals surface area contributed by atoms with Gasteiger partial charge in [0.15, 0.2) is 0 Å². The second-order valence-electron chi connectivity index (χ2n) is 3.79. The first-order valence-corrected chi connectivity index (χ1v) is 5.79. The summed E-state index contributed by atoms with van der Waals surface area (Å²) in [6.07, 6.45) is 0. The second-order valence-corrected chi connectivity index (χ2v) is 4.66. The van der Waals surface area contributed by atoms with Gasteiger partial charge in [0, 0.05) is 21.8 Å². The van der Waals surface area contributed by atoms with Crippen LogP contribution in [0.5, 0.6) is 11.5 Å². The van der Waals surface area contributed by atoms with E-state index >= 15 is 0 Å². The van der Waals surface area contributed by atoms with E-state index in [1.807, 2.05) is 19.1 Å². The number of benzene rings is 2. The van der Waals surface area contributed by atoms with Crippen molar-refractivity contribution in [3.8, 4) is 11.5 Å². The molecule has 2 nitrogen and oxygen atoms in total. The Bertz CT molecular complexity index is 465. The minimum absolute atomic E-state index is 0.535. The Morgan fingerprint density at radius 2 is 1.47 bits per heavy atom. The number of aryl methyl sites for hydroxylation is 1. The van der Waals surface area contributed by atoms with Gasteiger partial charge in [0.1, 0.15) is 11.5 Å². The first-order chi connectivity index (χ1) is 8.02. The molecule has 88 valence electrons. The van der Waals surface area contributed by atoms with E-state index in [1.165, 1.54) is 0 Å². The lowest BCUT2D eigenvalue weighted by atomic mass is 10.2. The molecule has 0 saturated carbocycles. The highest BCUT2D eigenvalue weighted by atomic mass is 35.5. The van der Waals surface area contributed by atoms with Gasteiger partial charge in [-0.2, -0.15) is 0 Å². The van der Waals surface area contributed by atoms with Crippen LogP contribution in [0.2, 0.25) is 10.0 Å². The van der Waals surface area contributed by atoms with E-state index in [4.69, 9.17) is 33.7 Å². The predicted molar refractivity (Wildman–Crippen MR) is 72.1 cm³/mol. The maximum Gasteiger partial charge on any atom is 0.130 e. The molecular weight excluding hydrogens is 257 g/mol. The summed E-state index contributed by atoms with van der Waals surface area (Å²) in [6.45, 7) is 1.95. The summed E-state index contributed by atoms with van der Waals surface area (Å²) in [5.74, 6) is 1.26. The van der Waals surface area contributed by atoms with Crippen LogP contribution < -0.4 is 10.5 Å². The Kier molecular flexibility index (Phi) is 3.46. The van der Waals surface area contributed by atoms with E-state index in [9.17, 15) is 0 Å². The smallest absolute Gasteiger partial charge is 0.130 e. The van der Waals surface area contributed by atoms with Gasteiger partial charge in [-0.05, 0) is 42.8 Å². The van der Waals surface area contributed by atoms with Crippen molar-refractivity contribution in [3.05, 3.63) is 52.0 Å². The molecule has 2 aromatic rings. The lowest BCUT2D eigenvalue weighted by Gasteiger charge is -2.08. The maximum atomic E-state index is 5.89. The highest BCUT2D eigenvalue weighted by molar-refractivity contribution is 6.34. The normalized spacial score (nSPS) is 10.3. The Morgan fingerprint density at radius 1 is 0.882 bits per heavy atom. The van der Waals surface area contributed by atoms with Crippen LogP contribution in [0.25, 0.3) is 0 Å². The summed E-state index contributed by atoms with van der Waals surface area (Å²) in [7, 11) is 0. The van der Waals surface area contributed by atoms with Gasteiger partial charge < -0.3 is 10.5 Å². The van der Waals surface area contributed by atoms with E-state index in [0.717, 1.165) is 5.56 Å². The van der Waals surface area contributed by atoms with Gasteiger partial charge in [-0.1, -0.05) is 23.2 Å². The number of rotatable bonds is 2. The van der Waals surface area contributed by atoms with Gasteiger partial charge in [-0.3, -0.25) is 0 Å². The molecule has 0 amide bonds. The van der Waals surface area contributed by atoms with Gasteiger partial charge in [-0.25, -0.2) is 0 Å². The molecule has 0 saturated heterocycles. The van der Waals surface area contributed by atoms with Crippen LogP contribution in [0, 0.1) is 6.92 Å². The summed E-state index contributed by atoms with van der Waals surface area (Å²) in [6, 6.07) is 10.6. The second kappa shape index (κ2) is 4.86. The Labute approximate surface area is 110 Å². The lowest BCUT2D eigenvalue weighted by molar-refractivity contribution is 0.482. The molecule has 17 heavy (non-hydrogen) atoms. The molecule has 0 fully saturated rings. The molecule has 2 rings (SSSR count). The van der Waals surface area contributed by atoms with Crippen molar-refractivity contribution < 1.29 is 4.74 Å². The molecule has 2 N–H and O–H groups in total. The predicted octanol–water partition coefficient (Wildman–Crippen LogP) is 4.68. The number of ether oxygens (including phenoxy) is 1. The van der Waals surface area contributed by atoms with Gasteiger partial charge in [0.25, 0.3) is 0 Å². The zero-order valence-electron chi connectivity index (χ0n) is 9.21. The van der Waals surface area contributed by atoms with E-state index in [2.05, 4.69) is 0 Å². The van der Waals surface area contributed by atoms with Crippen LogP contribution in [0.15, 0.2) is 36.4 Å². The van der Waals surface area contributed by atoms with Crippen molar-refractivity contribution in [1.29, 1.82) is 0 Å². The molecule has 0 atom stereocenters. The minimum Gasteiger partial charge on any atom is -0.457 e. The third-order valence-electron chi connectivity index (χ3n) is 2.14. The Hall–Kier alpha value is -1.38. The van der Waals surface area contributed by atoms with E-state index in [0.29, 0.717) is 27.2 Å². The molecule has 0 radical (unpaired) electrons. The molecular formula is C13H11Cl2NO. The zero-order chi connectivity index (χ0) is 12.4. The summed E-state index contributed by atoms with van der Waals surface area (Å²) >= 11 is 11.8. The van der Waals surface area contributed by atoms with Crippen molar-refractivity contribution in [1.82, 2.24) is 0 Å². The Morgan fingerprint density at radius 3 is 2.06 bits per heavy atom. The summed E-state index contributed by atoms with van der Waals surface area (Å²) < 4.78 is 5.65. The average Bonchev–Trinajstić information content (AvgIpc) is 2.13. The van der Waals surface area contributed by atoms with Crippen LogP contribution in [0.3, 0.4) is 0 Å². The molecule has 0 bridgehead atoms. The summed E-state index contributed by atoms with van der Waals surface area (Å²) in [5, 5.41) is 1.07. The third-order valence-corrected chi connectivity index (χ3v) is 2.58. The highest BCUT2D eigenvalue weighted by Crippen LogP contribution is 2.29. The van der Waals surface area contributed by atoms with Crippen molar-refractivity contribution in [2.75, 3.05) is 5.73 Å². The van der Waals surface area contributed by atoms with Gasteiger partial charge in [-0.15, -0.1) is 0 Å². The first kappa shape index (κ1) is 12.1. The number of hydrogen-bond donors (Lipinski definition) is 1. The van der Waals surface area contributed by atoms with Crippen LogP contribution >= 0.6 is 23.2 Å². The topological polar surface area (TPSA) is 35.2 Å². The number of nitrogen functional groups attached to an aromatic ring is 1. The highest BCUT2D eigenvalue weighted by Gasteiger charge is 2.02. The fourth-order valence-electron chi connectivity index (χ4n) is 1.56. The van der Waals surface area contributed by atoms with Crippen LogP contribution in [0.4, 0.5) is 5.69 Å². The van der Waals surface area contributed by atoms with Crippen molar-refractivity contribution in [3.63, 3.8) is 0 Å². The maximum absolute atomic E-state index is 5.89. The van der Waals surface area contributed by atoms with E-state index in [-0.39, 0.29) is 0 Å². The molecule has 0 aliphatic carbocycles. The van der Waals surface area contributed by atoms with Crippen molar-refractivity contribution >= 4 is 28.9 Å². The van der Waals surface area contributed by atoms with Crippen LogP contribution in [0.1, 0.15) is 5.56 Å². The molecule has 4 heteroatoms. The first-order valence-electron chi connectivity index (χ1n) is 5.04. The molecule has 2 aromatic carbocycles. The molecule has 0 unspecified atom stereocenters. The number of halogens is 2. The minimum atomic E-state index is 0.535. The zero-order valence-corrected chi connectivity index (χ0v) is 10.7. The summed E-state index contributed by atoms with van der Waals surface area (Å²) in [5.41, 5.74) is 7.44. The van der Waals surface area contributed by atoms with Crippen LogP contribution in [-0.4, -0.2) is 0 Å². The fourth-order valence-corrected chi connectivity index (χ4v) is 2.07. The third kappa shape index (κ3) is 3.29. The molecule has 0 aliphatic heterocycles. The average molecular weight is 268 g/mol. The lowest BCUT2D eigenvalue weighted by Crippen LogP contribution is -1.89. The van der Waals surface area contributed by atoms with E-state index in [1.54, 1.807) is 24.3 Å². The van der Waals surface area contributed by atoms with Crippen molar-refractivity contribution in [2.45, 2.75) is 6.92 Å². The van der Waals surface area contributed by atoms with Crippen LogP contribution in [-0.2, 0) is 0 Å². The standard InChI is InChI=1S/C13H11Cl2NO/c1-8-2-11(16)7-12(3-8)17-13-5-9(14)4-10(15)6-13/h2-7H,16H2,1H3. The van der Waals surface area contributed by atoms with E-state index < -0.39 is 0 Å². The number of nitrogens with two attached hydrogens (primary N) is 1. The molecule has 0 heterocycles. The van der Waals surface area contributed by atoms with Crippen molar-refractivity contribution in [2.24, 2.45) is 0 Å². The molecule has 0 aromatic heterocycles. The largest absolute Gasteiger partial charge is 0.457 e. The summed E-state index contributed by atoms with van der Waals surface area (Å²) in [4.78, 5) is 0. The monoisotopic (exact) mass is 267 g/mol. The number of hydrogen-bond acceptors (Lipinski definition) is 2. The quantitative estimate of drug-likeness (QED) is 0.803. The molecule has 0 spiro atoms. The Balaban J connectivity index is 2.31. The fraction of sp³-hybridized carbons (Fsp3) is 0.0769. The van der Waals surface area contributed by atoms with Gasteiger partial charge in [0.05, 0.1) is 0 Å².